The minimum atomic E-state index is -0.687. The standard InChI is InChI=1S/C15H16N2O4/c1-17(12-7-21-8-13(12)18)15(20)11-6-16-14(19)10-5-3-2-4-9(10)11/h2-6,12-13,18H,7-8H2,1H3,(H,16,19)/t12-,13-/m1/s1. The second-order valence-corrected chi connectivity index (χ2v) is 5.17. The Hall–Kier alpha value is -2.18. The third kappa shape index (κ3) is 2.32. The number of ether oxygens (including phenoxy) is 1. The lowest BCUT2D eigenvalue weighted by Gasteiger charge is -2.26. The van der Waals surface area contributed by atoms with Crippen molar-refractivity contribution in [2.24, 2.45) is 0 Å². The van der Waals surface area contributed by atoms with E-state index >= 15 is 0 Å². The average molecular weight is 288 g/mol. The third-order valence-corrected chi connectivity index (χ3v) is 3.88. The van der Waals surface area contributed by atoms with E-state index in [0.717, 1.165) is 0 Å². The van der Waals surface area contributed by atoms with Crippen LogP contribution in [0.4, 0.5) is 0 Å². The summed E-state index contributed by atoms with van der Waals surface area (Å²) < 4.78 is 5.18. The number of hydrogen-bond donors (Lipinski definition) is 2. The van der Waals surface area contributed by atoms with Gasteiger partial charge in [-0.1, -0.05) is 18.2 Å². The number of hydrogen-bond acceptors (Lipinski definition) is 4. The van der Waals surface area contributed by atoms with E-state index < -0.39 is 6.10 Å². The zero-order valence-corrected chi connectivity index (χ0v) is 11.6. The fourth-order valence-corrected chi connectivity index (χ4v) is 2.63. The molecule has 1 aliphatic heterocycles. The molecular formula is C15H16N2O4. The number of aromatic nitrogens is 1. The van der Waals surface area contributed by atoms with Crippen molar-refractivity contribution in [1.29, 1.82) is 0 Å². The number of likely N-dealkylation sites (N-methyl/N-ethyl adjacent to an activating group) is 1. The fourth-order valence-electron chi connectivity index (χ4n) is 2.63. The lowest BCUT2D eigenvalue weighted by Crippen LogP contribution is -2.44. The van der Waals surface area contributed by atoms with Crippen LogP contribution in [0.15, 0.2) is 35.3 Å². The Morgan fingerprint density at radius 2 is 2.05 bits per heavy atom. The van der Waals surface area contributed by atoms with Crippen molar-refractivity contribution in [3.63, 3.8) is 0 Å². The van der Waals surface area contributed by atoms with Crippen LogP contribution < -0.4 is 5.56 Å². The number of carbonyl (C=O) groups is 1. The van der Waals surface area contributed by atoms with Gasteiger partial charge in [0.15, 0.2) is 0 Å². The van der Waals surface area contributed by atoms with Gasteiger partial charge in [0, 0.05) is 24.0 Å². The van der Waals surface area contributed by atoms with Crippen molar-refractivity contribution in [1.82, 2.24) is 9.88 Å². The quantitative estimate of drug-likeness (QED) is 0.836. The van der Waals surface area contributed by atoms with Crippen LogP contribution >= 0.6 is 0 Å². The molecule has 1 aromatic heterocycles. The topological polar surface area (TPSA) is 82.6 Å². The molecule has 0 spiro atoms. The molecule has 0 radical (unpaired) electrons. The molecule has 1 fully saturated rings. The average Bonchev–Trinajstić information content (AvgIpc) is 2.93. The second kappa shape index (κ2) is 5.31. The summed E-state index contributed by atoms with van der Waals surface area (Å²) in [5, 5.41) is 10.9. The van der Waals surface area contributed by atoms with Crippen molar-refractivity contribution in [2.75, 3.05) is 20.3 Å². The molecule has 110 valence electrons. The number of aliphatic hydroxyl groups excluding tert-OH is 1. The van der Waals surface area contributed by atoms with Gasteiger partial charge in [-0.25, -0.2) is 0 Å². The van der Waals surface area contributed by atoms with Crippen LogP contribution in [-0.2, 0) is 4.74 Å². The highest BCUT2D eigenvalue weighted by molar-refractivity contribution is 6.06. The SMILES string of the molecule is CN(C(=O)c1c[nH]c(=O)c2ccccc12)[C@@H]1COC[C@H]1O. The summed E-state index contributed by atoms with van der Waals surface area (Å²) >= 11 is 0. The van der Waals surface area contributed by atoms with Gasteiger partial charge >= 0.3 is 0 Å². The Kier molecular flexibility index (Phi) is 3.48. The molecule has 1 saturated heterocycles. The molecule has 3 rings (SSSR count). The maximum atomic E-state index is 12.6. The van der Waals surface area contributed by atoms with E-state index in [1.165, 1.54) is 11.1 Å². The van der Waals surface area contributed by atoms with Crippen LogP contribution in [-0.4, -0.2) is 53.3 Å². The summed E-state index contributed by atoms with van der Waals surface area (Å²) in [5.41, 5.74) is 0.181. The van der Waals surface area contributed by atoms with Gasteiger partial charge < -0.3 is 19.7 Å². The van der Waals surface area contributed by atoms with Crippen molar-refractivity contribution < 1.29 is 14.6 Å². The monoisotopic (exact) mass is 288 g/mol. The first-order chi connectivity index (χ1) is 10.1. The molecule has 0 aliphatic carbocycles. The summed E-state index contributed by atoms with van der Waals surface area (Å²) in [6, 6.07) is 6.59. The van der Waals surface area contributed by atoms with Gasteiger partial charge in [-0.15, -0.1) is 0 Å². The first-order valence-corrected chi connectivity index (χ1v) is 6.73. The molecule has 1 aromatic carbocycles. The minimum Gasteiger partial charge on any atom is -0.388 e. The lowest BCUT2D eigenvalue weighted by molar-refractivity contribution is 0.0582. The van der Waals surface area contributed by atoms with E-state index in [9.17, 15) is 14.7 Å². The normalized spacial score (nSPS) is 21.6. The molecule has 0 saturated carbocycles. The molecule has 6 heteroatoms. The maximum absolute atomic E-state index is 12.6. The summed E-state index contributed by atoms with van der Waals surface area (Å²) in [7, 11) is 1.63. The first kappa shape index (κ1) is 13.8. The Labute approximate surface area is 121 Å². The molecule has 2 atom stereocenters. The van der Waals surface area contributed by atoms with Crippen molar-refractivity contribution in [3.05, 3.63) is 46.4 Å². The van der Waals surface area contributed by atoms with Crippen molar-refractivity contribution in [2.45, 2.75) is 12.1 Å². The van der Waals surface area contributed by atoms with Gasteiger partial charge in [0.25, 0.3) is 11.5 Å². The van der Waals surface area contributed by atoms with Crippen LogP contribution in [0, 0.1) is 0 Å². The number of benzene rings is 1. The maximum Gasteiger partial charge on any atom is 0.256 e. The number of fused-ring (bicyclic) bond motifs is 1. The Bertz CT molecular complexity index is 740. The lowest BCUT2D eigenvalue weighted by atomic mass is 10.1. The largest absolute Gasteiger partial charge is 0.388 e. The van der Waals surface area contributed by atoms with Gasteiger partial charge in [-0.2, -0.15) is 0 Å². The number of nitrogens with zero attached hydrogens (tertiary/aromatic N) is 1. The van der Waals surface area contributed by atoms with E-state index in [4.69, 9.17) is 4.74 Å². The number of H-pyrrole nitrogens is 1. The third-order valence-electron chi connectivity index (χ3n) is 3.88. The van der Waals surface area contributed by atoms with Gasteiger partial charge in [0.2, 0.25) is 0 Å². The Morgan fingerprint density at radius 3 is 2.71 bits per heavy atom. The zero-order chi connectivity index (χ0) is 15.0. The molecule has 6 nitrogen and oxygen atoms in total. The van der Waals surface area contributed by atoms with Crippen LogP contribution in [0.5, 0.6) is 0 Å². The number of rotatable bonds is 2. The number of pyridine rings is 1. The molecule has 1 amide bonds. The second-order valence-electron chi connectivity index (χ2n) is 5.17. The summed E-state index contributed by atoms with van der Waals surface area (Å²) in [6.07, 6.45) is 0.735. The minimum absolute atomic E-state index is 0.228. The van der Waals surface area contributed by atoms with Crippen molar-refractivity contribution >= 4 is 16.7 Å². The molecule has 1 aliphatic rings. The van der Waals surface area contributed by atoms with Crippen molar-refractivity contribution in [3.8, 4) is 0 Å². The molecule has 0 unspecified atom stereocenters. The fraction of sp³-hybridized carbons (Fsp3) is 0.333. The van der Waals surface area contributed by atoms with Gasteiger partial charge in [0.05, 0.1) is 30.9 Å². The summed E-state index contributed by atoms with van der Waals surface area (Å²) in [5.74, 6) is -0.253. The molecule has 2 N–H and O–H groups in total. The number of amides is 1. The van der Waals surface area contributed by atoms with E-state index in [2.05, 4.69) is 4.98 Å². The highest BCUT2D eigenvalue weighted by atomic mass is 16.5. The van der Waals surface area contributed by atoms with E-state index in [1.807, 2.05) is 0 Å². The van der Waals surface area contributed by atoms with Gasteiger partial charge in [-0.05, 0) is 6.07 Å². The van der Waals surface area contributed by atoms with Crippen LogP contribution in [0.25, 0.3) is 10.8 Å². The highest BCUT2D eigenvalue weighted by Crippen LogP contribution is 2.19. The van der Waals surface area contributed by atoms with Crippen LogP contribution in [0.3, 0.4) is 0 Å². The highest BCUT2D eigenvalue weighted by Gasteiger charge is 2.33. The number of aliphatic hydroxyl groups is 1. The molecule has 0 bridgehead atoms. The summed E-state index contributed by atoms with van der Waals surface area (Å²) in [6.45, 7) is 0.541. The first-order valence-electron chi connectivity index (χ1n) is 6.73. The predicted molar refractivity (Wildman–Crippen MR) is 77.3 cm³/mol. The Morgan fingerprint density at radius 1 is 1.33 bits per heavy atom. The van der Waals surface area contributed by atoms with Crippen LogP contribution in [0.2, 0.25) is 0 Å². The van der Waals surface area contributed by atoms with Gasteiger partial charge in [0.1, 0.15) is 0 Å². The Balaban J connectivity index is 2.02. The molecule has 2 aromatic rings. The smallest absolute Gasteiger partial charge is 0.256 e. The number of aromatic amines is 1. The summed E-state index contributed by atoms with van der Waals surface area (Å²) in [4.78, 5) is 28.5. The zero-order valence-electron chi connectivity index (χ0n) is 11.6. The number of nitrogens with one attached hydrogen (secondary N) is 1. The van der Waals surface area contributed by atoms with E-state index in [1.54, 1.807) is 31.3 Å². The van der Waals surface area contributed by atoms with E-state index in [-0.39, 0.29) is 24.1 Å². The molecule has 2 heterocycles. The predicted octanol–water partition coefficient (Wildman–Crippen LogP) is 0.360. The molecular weight excluding hydrogens is 272 g/mol. The van der Waals surface area contributed by atoms with Crippen LogP contribution in [0.1, 0.15) is 10.4 Å². The number of carbonyl (C=O) groups excluding carboxylic acids is 1. The van der Waals surface area contributed by atoms with E-state index in [0.29, 0.717) is 22.9 Å². The molecule has 21 heavy (non-hydrogen) atoms. The van der Waals surface area contributed by atoms with Gasteiger partial charge in [-0.3, -0.25) is 9.59 Å².